The fourth-order valence-electron chi connectivity index (χ4n) is 2.06. The number of hydrogen-bond donors (Lipinski definition) is 1. The monoisotopic (exact) mass is 299 g/mol. The number of carboxylic acids is 1. The molecule has 3 rings (SSSR count). The number of benzene rings is 2. The zero-order valence-electron chi connectivity index (χ0n) is 10.8. The molecule has 0 aliphatic heterocycles. The first-order chi connectivity index (χ1) is 10.2. The van der Waals surface area contributed by atoms with E-state index in [0.717, 1.165) is 5.39 Å². The number of carbonyl (C=O) groups is 1. The first-order valence-corrected chi connectivity index (χ1v) is 6.58. The molecule has 0 saturated carbocycles. The van der Waals surface area contributed by atoms with Crippen LogP contribution in [0.25, 0.3) is 10.8 Å². The quantitative estimate of drug-likeness (QED) is 0.779. The van der Waals surface area contributed by atoms with Gasteiger partial charge in [0.15, 0.2) is 5.75 Å². The molecule has 1 heterocycles. The number of fused-ring (bicyclic) bond motifs is 1. The largest absolute Gasteiger partial charge is 0.478 e. The predicted octanol–water partition coefficient (Wildman–Crippen LogP) is 4.38. The zero-order chi connectivity index (χ0) is 14.8. The van der Waals surface area contributed by atoms with Crippen LogP contribution >= 0.6 is 11.6 Å². The van der Waals surface area contributed by atoms with Gasteiger partial charge in [0.2, 0.25) is 5.88 Å². The van der Waals surface area contributed by atoms with E-state index < -0.39 is 5.97 Å². The Labute approximate surface area is 125 Å². The Balaban J connectivity index is 2.21. The molecule has 0 amide bonds. The maximum atomic E-state index is 11.4. The summed E-state index contributed by atoms with van der Waals surface area (Å²) in [5.41, 5.74) is 0.0652. The Kier molecular flexibility index (Phi) is 3.46. The SMILES string of the molecule is O=C(O)c1ccc2ccccc2c1Oc1ncccc1Cl. The van der Waals surface area contributed by atoms with Crippen LogP contribution in [0.15, 0.2) is 54.7 Å². The molecule has 0 atom stereocenters. The van der Waals surface area contributed by atoms with E-state index in [1.807, 2.05) is 18.2 Å². The second-order valence-electron chi connectivity index (χ2n) is 4.36. The average molecular weight is 300 g/mol. The van der Waals surface area contributed by atoms with E-state index in [1.165, 1.54) is 12.3 Å². The summed E-state index contributed by atoms with van der Waals surface area (Å²) >= 11 is 6.02. The molecule has 3 aromatic rings. The van der Waals surface area contributed by atoms with Crippen molar-refractivity contribution in [3.63, 3.8) is 0 Å². The van der Waals surface area contributed by atoms with E-state index in [-0.39, 0.29) is 17.2 Å². The fourth-order valence-corrected chi connectivity index (χ4v) is 2.22. The van der Waals surface area contributed by atoms with Crippen molar-refractivity contribution in [3.05, 3.63) is 65.3 Å². The Morgan fingerprint density at radius 2 is 1.90 bits per heavy atom. The van der Waals surface area contributed by atoms with Crippen molar-refractivity contribution in [2.45, 2.75) is 0 Å². The summed E-state index contributed by atoms with van der Waals surface area (Å²) in [4.78, 5) is 15.4. The maximum Gasteiger partial charge on any atom is 0.339 e. The summed E-state index contributed by atoms with van der Waals surface area (Å²) in [5.74, 6) is -0.651. The Morgan fingerprint density at radius 3 is 2.67 bits per heavy atom. The van der Waals surface area contributed by atoms with Gasteiger partial charge in [-0.25, -0.2) is 9.78 Å². The Morgan fingerprint density at radius 1 is 1.10 bits per heavy atom. The molecule has 0 bridgehead atoms. The van der Waals surface area contributed by atoms with Crippen molar-refractivity contribution >= 4 is 28.3 Å². The van der Waals surface area contributed by atoms with Gasteiger partial charge in [-0.15, -0.1) is 0 Å². The predicted molar refractivity (Wildman–Crippen MR) is 80.2 cm³/mol. The van der Waals surface area contributed by atoms with Gasteiger partial charge in [-0.1, -0.05) is 41.9 Å². The molecule has 0 aliphatic rings. The van der Waals surface area contributed by atoms with E-state index in [2.05, 4.69) is 4.98 Å². The number of aromatic carboxylic acids is 1. The van der Waals surface area contributed by atoms with Crippen LogP contribution in [-0.4, -0.2) is 16.1 Å². The molecule has 0 saturated heterocycles. The minimum absolute atomic E-state index is 0.0652. The average Bonchev–Trinajstić information content (AvgIpc) is 2.49. The lowest BCUT2D eigenvalue weighted by Gasteiger charge is -2.12. The molecule has 0 unspecified atom stereocenters. The van der Waals surface area contributed by atoms with Crippen LogP contribution in [0.3, 0.4) is 0 Å². The van der Waals surface area contributed by atoms with Crippen LogP contribution in [0, 0.1) is 0 Å². The van der Waals surface area contributed by atoms with Gasteiger partial charge in [0.25, 0.3) is 0 Å². The van der Waals surface area contributed by atoms with Crippen molar-refractivity contribution in [1.29, 1.82) is 0 Å². The lowest BCUT2D eigenvalue weighted by Crippen LogP contribution is -2.01. The smallest absolute Gasteiger partial charge is 0.339 e. The highest BCUT2D eigenvalue weighted by Crippen LogP contribution is 2.35. The summed E-state index contributed by atoms with van der Waals surface area (Å²) in [7, 11) is 0. The molecule has 0 radical (unpaired) electrons. The van der Waals surface area contributed by atoms with Gasteiger partial charge in [-0.2, -0.15) is 0 Å². The molecule has 5 heteroatoms. The highest BCUT2D eigenvalue weighted by molar-refractivity contribution is 6.31. The first kappa shape index (κ1) is 13.4. The minimum Gasteiger partial charge on any atom is -0.478 e. The fraction of sp³-hybridized carbons (Fsp3) is 0. The van der Waals surface area contributed by atoms with Gasteiger partial charge in [-0.05, 0) is 23.6 Å². The lowest BCUT2D eigenvalue weighted by molar-refractivity contribution is 0.0694. The van der Waals surface area contributed by atoms with Crippen LogP contribution in [-0.2, 0) is 0 Å². The van der Waals surface area contributed by atoms with Crippen molar-refractivity contribution in [3.8, 4) is 11.6 Å². The second kappa shape index (κ2) is 5.42. The Bertz CT molecular complexity index is 833. The number of carboxylic acid groups (broad SMARTS) is 1. The molecule has 0 spiro atoms. The van der Waals surface area contributed by atoms with E-state index in [1.54, 1.807) is 24.3 Å². The number of nitrogens with zero attached hydrogens (tertiary/aromatic N) is 1. The molecule has 104 valence electrons. The van der Waals surface area contributed by atoms with Crippen LogP contribution < -0.4 is 4.74 Å². The molecule has 0 aliphatic carbocycles. The molecular formula is C16H10ClNO3. The summed E-state index contributed by atoms with van der Waals surface area (Å²) < 4.78 is 5.69. The topological polar surface area (TPSA) is 59.4 Å². The van der Waals surface area contributed by atoms with Crippen LogP contribution in [0.1, 0.15) is 10.4 Å². The van der Waals surface area contributed by atoms with Gasteiger partial charge in [0.1, 0.15) is 10.6 Å². The molecule has 1 N–H and O–H groups in total. The van der Waals surface area contributed by atoms with Crippen molar-refractivity contribution in [2.75, 3.05) is 0 Å². The maximum absolute atomic E-state index is 11.4. The zero-order valence-corrected chi connectivity index (χ0v) is 11.5. The molecule has 2 aromatic carbocycles. The summed E-state index contributed by atoms with van der Waals surface area (Å²) in [6.45, 7) is 0. The second-order valence-corrected chi connectivity index (χ2v) is 4.77. The van der Waals surface area contributed by atoms with Crippen molar-refractivity contribution in [1.82, 2.24) is 4.98 Å². The third-order valence-electron chi connectivity index (χ3n) is 3.03. The molecule has 21 heavy (non-hydrogen) atoms. The minimum atomic E-state index is -1.07. The van der Waals surface area contributed by atoms with Crippen LogP contribution in [0.4, 0.5) is 0 Å². The normalized spacial score (nSPS) is 10.5. The molecule has 0 fully saturated rings. The number of ether oxygens (including phenoxy) is 1. The van der Waals surface area contributed by atoms with E-state index >= 15 is 0 Å². The highest BCUT2D eigenvalue weighted by atomic mass is 35.5. The van der Waals surface area contributed by atoms with E-state index in [9.17, 15) is 9.90 Å². The molecule has 4 nitrogen and oxygen atoms in total. The lowest BCUT2D eigenvalue weighted by atomic mass is 10.1. The van der Waals surface area contributed by atoms with Gasteiger partial charge in [0, 0.05) is 11.6 Å². The number of aromatic nitrogens is 1. The van der Waals surface area contributed by atoms with Crippen molar-refractivity contribution < 1.29 is 14.6 Å². The number of pyridine rings is 1. The third kappa shape index (κ3) is 2.53. The number of halogens is 1. The number of rotatable bonds is 3. The number of hydrogen-bond acceptors (Lipinski definition) is 3. The Hall–Kier alpha value is -2.59. The van der Waals surface area contributed by atoms with Crippen molar-refractivity contribution in [2.24, 2.45) is 0 Å². The van der Waals surface area contributed by atoms with Gasteiger partial charge >= 0.3 is 5.97 Å². The summed E-state index contributed by atoms with van der Waals surface area (Å²) in [6.07, 6.45) is 1.53. The molecular weight excluding hydrogens is 290 g/mol. The van der Waals surface area contributed by atoms with Crippen LogP contribution in [0.2, 0.25) is 5.02 Å². The van der Waals surface area contributed by atoms with E-state index in [4.69, 9.17) is 16.3 Å². The standard InChI is InChI=1S/C16H10ClNO3/c17-13-6-3-9-18-15(13)21-14-11-5-2-1-4-10(11)7-8-12(14)16(19)20/h1-9H,(H,19,20). The van der Waals surface area contributed by atoms with Gasteiger partial charge < -0.3 is 9.84 Å². The first-order valence-electron chi connectivity index (χ1n) is 6.20. The van der Waals surface area contributed by atoms with Gasteiger partial charge in [0.05, 0.1) is 0 Å². The summed E-state index contributed by atoms with van der Waals surface area (Å²) in [5, 5.41) is 11.2. The van der Waals surface area contributed by atoms with E-state index in [0.29, 0.717) is 10.4 Å². The third-order valence-corrected chi connectivity index (χ3v) is 3.32. The highest BCUT2D eigenvalue weighted by Gasteiger charge is 2.17. The van der Waals surface area contributed by atoms with Crippen LogP contribution in [0.5, 0.6) is 11.6 Å². The summed E-state index contributed by atoms with van der Waals surface area (Å²) in [6, 6.07) is 13.9. The van der Waals surface area contributed by atoms with Gasteiger partial charge in [-0.3, -0.25) is 0 Å². The molecule has 1 aromatic heterocycles.